The molecule has 2 aromatic carbocycles. The molecule has 0 spiro atoms. The minimum Gasteiger partial charge on any atom is -0.372 e. The Morgan fingerprint density at radius 3 is 1.83 bits per heavy atom. The highest BCUT2D eigenvalue weighted by atomic mass is 35.5. The molecule has 3 nitrogen and oxygen atoms in total. The van der Waals surface area contributed by atoms with Gasteiger partial charge in [-0.2, -0.15) is 17.2 Å². The summed E-state index contributed by atoms with van der Waals surface area (Å²) >= 11 is 11.2. The molecule has 0 fully saturated rings. The Kier molecular flexibility index (Phi) is 4.74. The molecule has 0 atom stereocenters. The second-order valence-electron chi connectivity index (χ2n) is 4.01. The average Bonchev–Trinajstić information content (AvgIpc) is 2.50. The fourth-order valence-corrected chi connectivity index (χ4v) is 3.15. The van der Waals surface area contributed by atoms with Crippen LogP contribution in [0.15, 0.2) is 23.1 Å². The molecular weight excluding hydrogens is 390 g/mol. The number of hydrogen-bond acceptors (Lipinski definition) is 3. The third-order valence-corrected chi connectivity index (χ3v) is 4.46. The second kappa shape index (κ2) is 6.14. The highest BCUT2D eigenvalue weighted by Gasteiger charge is 2.31. The lowest BCUT2D eigenvalue weighted by atomic mass is 10.3. The van der Waals surface area contributed by atoms with Crippen LogP contribution in [0.2, 0.25) is 10.0 Å². The van der Waals surface area contributed by atoms with E-state index in [-0.39, 0.29) is 5.02 Å². The van der Waals surface area contributed by atoms with Crippen LogP contribution >= 0.6 is 23.2 Å². The minimum atomic E-state index is -5.01. The van der Waals surface area contributed by atoms with E-state index in [0.29, 0.717) is 0 Å². The van der Waals surface area contributed by atoms with Crippen molar-refractivity contribution >= 4 is 33.3 Å². The van der Waals surface area contributed by atoms with E-state index in [2.05, 4.69) is 4.18 Å². The largest absolute Gasteiger partial charge is 0.372 e. The van der Waals surface area contributed by atoms with Gasteiger partial charge in [0.25, 0.3) is 0 Å². The molecular formula is C12H3Cl2F5O3S. The van der Waals surface area contributed by atoms with E-state index < -0.39 is 54.9 Å². The summed E-state index contributed by atoms with van der Waals surface area (Å²) in [4.78, 5) is -0.810. The maximum atomic E-state index is 13.5. The van der Waals surface area contributed by atoms with Crippen molar-refractivity contribution in [2.45, 2.75) is 4.90 Å². The van der Waals surface area contributed by atoms with E-state index >= 15 is 0 Å². The van der Waals surface area contributed by atoms with E-state index in [9.17, 15) is 30.4 Å². The molecule has 0 heterocycles. The normalized spacial score (nSPS) is 11.6. The molecule has 0 amide bonds. The monoisotopic (exact) mass is 392 g/mol. The third-order valence-electron chi connectivity index (χ3n) is 2.53. The van der Waals surface area contributed by atoms with E-state index in [0.717, 1.165) is 12.1 Å². The molecule has 0 radical (unpaired) electrons. The van der Waals surface area contributed by atoms with Gasteiger partial charge in [-0.15, -0.1) is 0 Å². The van der Waals surface area contributed by atoms with Crippen molar-refractivity contribution in [3.63, 3.8) is 0 Å². The van der Waals surface area contributed by atoms with Gasteiger partial charge >= 0.3 is 10.1 Å². The number of hydrogen-bond donors (Lipinski definition) is 0. The first-order valence-corrected chi connectivity index (χ1v) is 7.63. The van der Waals surface area contributed by atoms with Crippen LogP contribution in [-0.2, 0) is 10.1 Å². The Morgan fingerprint density at radius 1 is 0.826 bits per heavy atom. The first kappa shape index (κ1) is 17.8. The van der Waals surface area contributed by atoms with Crippen LogP contribution in [0.4, 0.5) is 22.0 Å². The summed E-state index contributed by atoms with van der Waals surface area (Å²) in [6.07, 6.45) is 0. The van der Waals surface area contributed by atoms with Gasteiger partial charge in [0.1, 0.15) is 4.90 Å². The minimum absolute atomic E-state index is 0.117. The summed E-state index contributed by atoms with van der Waals surface area (Å²) in [6, 6.07) is 3.03. The smallest absolute Gasteiger partial charge is 0.340 e. The zero-order valence-corrected chi connectivity index (χ0v) is 12.8. The maximum absolute atomic E-state index is 13.5. The van der Waals surface area contributed by atoms with Gasteiger partial charge in [-0.05, 0) is 18.2 Å². The second-order valence-corrected chi connectivity index (χ2v) is 6.37. The number of halogens is 7. The van der Waals surface area contributed by atoms with E-state index in [4.69, 9.17) is 23.2 Å². The third kappa shape index (κ3) is 3.22. The standard InChI is InChI=1S/C12H3Cl2F5O3S/c13-4-1-2-5(14)6(3-4)23(20,21)22-12-10(18)8(16)7(15)9(17)11(12)19/h1-3H. The van der Waals surface area contributed by atoms with Gasteiger partial charge in [-0.3, -0.25) is 0 Å². The molecule has 124 valence electrons. The van der Waals surface area contributed by atoms with Crippen molar-refractivity contribution in [1.82, 2.24) is 0 Å². The Labute approximate surface area is 136 Å². The van der Waals surface area contributed by atoms with Crippen molar-refractivity contribution in [2.75, 3.05) is 0 Å². The molecule has 2 aromatic rings. The molecule has 0 saturated heterocycles. The van der Waals surface area contributed by atoms with E-state index in [1.807, 2.05) is 0 Å². The molecule has 23 heavy (non-hydrogen) atoms. The SMILES string of the molecule is O=S(=O)(Oc1c(F)c(F)c(F)c(F)c1F)c1cc(Cl)ccc1Cl. The maximum Gasteiger partial charge on any atom is 0.340 e. The van der Waals surface area contributed by atoms with Crippen molar-refractivity contribution in [3.8, 4) is 5.75 Å². The molecule has 11 heteroatoms. The van der Waals surface area contributed by atoms with Crippen LogP contribution in [0.5, 0.6) is 5.75 Å². The fourth-order valence-electron chi connectivity index (χ4n) is 1.48. The summed E-state index contributed by atoms with van der Waals surface area (Å²) in [5.74, 6) is -14.0. The van der Waals surface area contributed by atoms with Crippen LogP contribution in [0.25, 0.3) is 0 Å². The van der Waals surface area contributed by atoms with Crippen LogP contribution in [0, 0.1) is 29.1 Å². The summed E-state index contributed by atoms with van der Waals surface area (Å²) < 4.78 is 93.8. The van der Waals surface area contributed by atoms with E-state index in [1.54, 1.807) is 0 Å². The molecule has 0 unspecified atom stereocenters. The Bertz CT molecular complexity index is 873. The zero-order valence-electron chi connectivity index (χ0n) is 10.5. The van der Waals surface area contributed by atoms with Crippen molar-refractivity contribution < 1.29 is 34.6 Å². The van der Waals surface area contributed by atoms with Crippen LogP contribution in [0.1, 0.15) is 0 Å². The predicted molar refractivity (Wildman–Crippen MR) is 70.5 cm³/mol. The van der Waals surface area contributed by atoms with Gasteiger partial charge in [0.15, 0.2) is 0 Å². The van der Waals surface area contributed by atoms with Gasteiger partial charge in [-0.25, -0.2) is 13.2 Å². The van der Waals surface area contributed by atoms with Gasteiger partial charge in [0.05, 0.1) is 5.02 Å². The summed E-state index contributed by atoms with van der Waals surface area (Å²) in [6.45, 7) is 0. The first-order valence-electron chi connectivity index (χ1n) is 5.47. The Morgan fingerprint density at radius 2 is 1.30 bits per heavy atom. The van der Waals surface area contributed by atoms with Gasteiger partial charge < -0.3 is 4.18 Å². The first-order chi connectivity index (χ1) is 10.6. The molecule has 0 N–H and O–H groups in total. The molecule has 0 aliphatic carbocycles. The highest BCUT2D eigenvalue weighted by molar-refractivity contribution is 7.87. The quantitative estimate of drug-likeness (QED) is 0.335. The van der Waals surface area contributed by atoms with Gasteiger partial charge in [0.2, 0.25) is 34.8 Å². The molecule has 0 aromatic heterocycles. The lowest BCUT2D eigenvalue weighted by Crippen LogP contribution is -2.15. The van der Waals surface area contributed by atoms with Crippen LogP contribution < -0.4 is 4.18 Å². The summed E-state index contributed by atoms with van der Waals surface area (Å²) in [5, 5.41) is -0.549. The molecule has 0 saturated carbocycles. The molecule has 0 bridgehead atoms. The van der Waals surface area contributed by atoms with Crippen LogP contribution in [0.3, 0.4) is 0 Å². The van der Waals surface area contributed by atoms with Crippen molar-refractivity contribution in [2.24, 2.45) is 0 Å². The lowest BCUT2D eigenvalue weighted by Gasteiger charge is -2.11. The predicted octanol–water partition coefficient (Wildman–Crippen LogP) is 4.46. The van der Waals surface area contributed by atoms with Crippen molar-refractivity contribution in [3.05, 3.63) is 57.3 Å². The molecule has 0 aliphatic rings. The summed E-state index contributed by atoms with van der Waals surface area (Å²) in [5.41, 5.74) is 0. The highest BCUT2D eigenvalue weighted by Crippen LogP contribution is 2.33. The molecule has 0 aliphatic heterocycles. The van der Waals surface area contributed by atoms with Gasteiger partial charge in [-0.1, -0.05) is 23.2 Å². The van der Waals surface area contributed by atoms with Gasteiger partial charge in [0, 0.05) is 5.02 Å². The number of rotatable bonds is 3. The fraction of sp³-hybridized carbons (Fsp3) is 0. The number of benzene rings is 2. The topological polar surface area (TPSA) is 43.4 Å². The van der Waals surface area contributed by atoms with Crippen LogP contribution in [-0.4, -0.2) is 8.42 Å². The summed E-state index contributed by atoms with van der Waals surface area (Å²) in [7, 11) is -5.01. The molecule has 2 rings (SSSR count). The Balaban J connectivity index is 2.61. The Hall–Kier alpha value is -1.58. The average molecular weight is 393 g/mol. The van der Waals surface area contributed by atoms with Crippen molar-refractivity contribution in [1.29, 1.82) is 0 Å². The lowest BCUT2D eigenvalue weighted by molar-refractivity contribution is 0.346. The van der Waals surface area contributed by atoms with E-state index in [1.165, 1.54) is 6.07 Å². The zero-order chi connectivity index (χ0) is 17.5.